The fourth-order valence-corrected chi connectivity index (χ4v) is 4.04. The molecule has 2 heterocycles. The predicted molar refractivity (Wildman–Crippen MR) is 122 cm³/mol. The minimum atomic E-state index is -0.0695. The summed E-state index contributed by atoms with van der Waals surface area (Å²) in [5.74, 6) is 0.690. The lowest BCUT2D eigenvalue weighted by atomic mass is 9.97. The standard InChI is InChI=1S/C25H28N4O/c1-17-6-8-20(9-7-17)22-14-26-25(27-15-22)29-10-4-5-21(16-29)24(30)28-23-12-18(2)11-19(3)13-23/h6-9,11-15,21H,4-5,10,16H2,1-3H3,(H,28,30)/t21-/m1/s1. The molecule has 3 aromatic rings. The van der Waals surface area contributed by atoms with Gasteiger partial charge >= 0.3 is 0 Å². The van der Waals surface area contributed by atoms with Crippen molar-refractivity contribution in [2.24, 2.45) is 5.92 Å². The predicted octanol–water partition coefficient (Wildman–Crippen LogP) is 4.92. The number of amides is 1. The summed E-state index contributed by atoms with van der Waals surface area (Å²) in [6.45, 7) is 7.68. The van der Waals surface area contributed by atoms with Crippen molar-refractivity contribution in [1.29, 1.82) is 0 Å². The second kappa shape index (κ2) is 8.66. The van der Waals surface area contributed by atoms with E-state index in [0.717, 1.165) is 47.3 Å². The second-order valence-electron chi connectivity index (χ2n) is 8.29. The first kappa shape index (κ1) is 20.1. The van der Waals surface area contributed by atoms with E-state index in [9.17, 15) is 4.79 Å². The van der Waals surface area contributed by atoms with Crippen molar-refractivity contribution >= 4 is 17.5 Å². The molecule has 2 aromatic carbocycles. The highest BCUT2D eigenvalue weighted by atomic mass is 16.1. The van der Waals surface area contributed by atoms with Crippen LogP contribution in [0.5, 0.6) is 0 Å². The van der Waals surface area contributed by atoms with Crippen LogP contribution in [-0.2, 0) is 4.79 Å². The molecule has 0 radical (unpaired) electrons. The van der Waals surface area contributed by atoms with E-state index in [-0.39, 0.29) is 11.8 Å². The van der Waals surface area contributed by atoms with Gasteiger partial charge in [-0.05, 0) is 62.4 Å². The minimum absolute atomic E-state index is 0.0695. The molecule has 1 fully saturated rings. The van der Waals surface area contributed by atoms with Gasteiger partial charge in [0, 0.05) is 36.7 Å². The maximum atomic E-state index is 12.9. The number of hydrogen-bond acceptors (Lipinski definition) is 4. The maximum absolute atomic E-state index is 12.9. The largest absolute Gasteiger partial charge is 0.340 e. The Balaban J connectivity index is 1.43. The highest BCUT2D eigenvalue weighted by Gasteiger charge is 2.27. The molecule has 1 saturated heterocycles. The van der Waals surface area contributed by atoms with Gasteiger partial charge in [-0.3, -0.25) is 4.79 Å². The molecule has 5 heteroatoms. The number of aryl methyl sites for hydroxylation is 3. The van der Waals surface area contributed by atoms with Crippen molar-refractivity contribution < 1.29 is 4.79 Å². The fraction of sp³-hybridized carbons (Fsp3) is 0.320. The molecular formula is C25H28N4O. The lowest BCUT2D eigenvalue weighted by molar-refractivity contribution is -0.120. The van der Waals surface area contributed by atoms with Crippen LogP contribution in [0, 0.1) is 26.7 Å². The molecule has 1 aromatic heterocycles. The Labute approximate surface area is 178 Å². The fourth-order valence-electron chi connectivity index (χ4n) is 4.04. The Morgan fingerprint density at radius 1 is 0.933 bits per heavy atom. The van der Waals surface area contributed by atoms with Crippen LogP contribution in [0.3, 0.4) is 0 Å². The first-order valence-corrected chi connectivity index (χ1v) is 10.5. The molecule has 1 atom stereocenters. The van der Waals surface area contributed by atoms with Crippen LogP contribution in [0.4, 0.5) is 11.6 Å². The van der Waals surface area contributed by atoms with E-state index in [0.29, 0.717) is 12.5 Å². The molecule has 0 saturated carbocycles. The molecule has 0 bridgehead atoms. The zero-order valence-corrected chi connectivity index (χ0v) is 17.9. The van der Waals surface area contributed by atoms with Gasteiger partial charge in [-0.1, -0.05) is 35.9 Å². The number of nitrogens with zero attached hydrogens (tertiary/aromatic N) is 3. The van der Waals surface area contributed by atoms with Gasteiger partial charge in [-0.2, -0.15) is 0 Å². The second-order valence-corrected chi connectivity index (χ2v) is 8.29. The molecule has 154 valence electrons. The summed E-state index contributed by atoms with van der Waals surface area (Å²) < 4.78 is 0. The Morgan fingerprint density at radius 2 is 1.60 bits per heavy atom. The van der Waals surface area contributed by atoms with Crippen molar-refractivity contribution in [3.63, 3.8) is 0 Å². The normalized spacial score (nSPS) is 16.4. The average Bonchev–Trinajstić information content (AvgIpc) is 2.74. The summed E-state index contributed by atoms with van der Waals surface area (Å²) in [4.78, 5) is 24.1. The number of carbonyl (C=O) groups is 1. The van der Waals surface area contributed by atoms with Crippen LogP contribution in [0.25, 0.3) is 11.1 Å². The molecule has 4 rings (SSSR count). The Morgan fingerprint density at radius 3 is 2.27 bits per heavy atom. The van der Waals surface area contributed by atoms with Crippen LogP contribution in [0.15, 0.2) is 54.9 Å². The number of nitrogens with one attached hydrogen (secondary N) is 1. The van der Waals surface area contributed by atoms with Crippen molar-refractivity contribution in [2.75, 3.05) is 23.3 Å². The molecule has 1 aliphatic rings. The van der Waals surface area contributed by atoms with Gasteiger partial charge in [0.15, 0.2) is 0 Å². The van der Waals surface area contributed by atoms with E-state index in [1.54, 1.807) is 0 Å². The van der Waals surface area contributed by atoms with E-state index in [1.165, 1.54) is 5.56 Å². The highest BCUT2D eigenvalue weighted by molar-refractivity contribution is 5.93. The Kier molecular flexibility index (Phi) is 5.79. The van der Waals surface area contributed by atoms with Crippen molar-refractivity contribution in [2.45, 2.75) is 33.6 Å². The summed E-state index contributed by atoms with van der Waals surface area (Å²) in [5, 5.41) is 3.09. The van der Waals surface area contributed by atoms with Crippen LogP contribution in [0.2, 0.25) is 0 Å². The molecule has 1 N–H and O–H groups in total. The van der Waals surface area contributed by atoms with Gasteiger partial charge < -0.3 is 10.2 Å². The van der Waals surface area contributed by atoms with Gasteiger partial charge in [-0.25, -0.2) is 9.97 Å². The molecule has 1 amide bonds. The van der Waals surface area contributed by atoms with Gasteiger partial charge in [0.05, 0.1) is 5.92 Å². The van der Waals surface area contributed by atoms with E-state index in [1.807, 2.05) is 38.4 Å². The van der Waals surface area contributed by atoms with E-state index in [2.05, 4.69) is 57.4 Å². The monoisotopic (exact) mass is 400 g/mol. The molecular weight excluding hydrogens is 372 g/mol. The Bertz CT molecular complexity index is 1010. The van der Waals surface area contributed by atoms with Crippen LogP contribution >= 0.6 is 0 Å². The third-order valence-electron chi connectivity index (χ3n) is 5.59. The van der Waals surface area contributed by atoms with E-state index in [4.69, 9.17) is 0 Å². The van der Waals surface area contributed by atoms with Crippen molar-refractivity contribution in [3.8, 4) is 11.1 Å². The summed E-state index contributed by atoms with van der Waals surface area (Å²) in [7, 11) is 0. The average molecular weight is 401 g/mol. The van der Waals surface area contributed by atoms with Crippen molar-refractivity contribution in [3.05, 3.63) is 71.5 Å². The smallest absolute Gasteiger partial charge is 0.229 e. The number of aromatic nitrogens is 2. The molecule has 0 spiro atoms. The highest BCUT2D eigenvalue weighted by Crippen LogP contribution is 2.24. The van der Waals surface area contributed by atoms with Crippen LogP contribution in [-0.4, -0.2) is 29.0 Å². The lowest BCUT2D eigenvalue weighted by Gasteiger charge is -2.32. The first-order valence-electron chi connectivity index (χ1n) is 10.5. The summed E-state index contributed by atoms with van der Waals surface area (Å²) in [6, 6.07) is 14.5. The number of anilines is 2. The quantitative estimate of drug-likeness (QED) is 0.675. The summed E-state index contributed by atoms with van der Waals surface area (Å²) in [5.41, 5.74) is 6.51. The molecule has 1 aliphatic heterocycles. The zero-order chi connectivity index (χ0) is 21.1. The van der Waals surface area contributed by atoms with Crippen LogP contribution < -0.4 is 10.2 Å². The van der Waals surface area contributed by atoms with Gasteiger partial charge in [0.2, 0.25) is 11.9 Å². The van der Waals surface area contributed by atoms with Crippen LogP contribution in [0.1, 0.15) is 29.5 Å². The maximum Gasteiger partial charge on any atom is 0.229 e. The number of carbonyl (C=O) groups excluding carboxylic acids is 1. The zero-order valence-electron chi connectivity index (χ0n) is 17.9. The molecule has 5 nitrogen and oxygen atoms in total. The van der Waals surface area contributed by atoms with E-state index >= 15 is 0 Å². The summed E-state index contributed by atoms with van der Waals surface area (Å²) in [6.07, 6.45) is 5.57. The lowest BCUT2D eigenvalue weighted by Crippen LogP contribution is -2.41. The summed E-state index contributed by atoms with van der Waals surface area (Å²) >= 11 is 0. The molecule has 30 heavy (non-hydrogen) atoms. The third kappa shape index (κ3) is 4.67. The van der Waals surface area contributed by atoms with Gasteiger partial charge in [-0.15, -0.1) is 0 Å². The Hall–Kier alpha value is -3.21. The number of piperidine rings is 1. The third-order valence-corrected chi connectivity index (χ3v) is 5.59. The molecule has 0 unspecified atom stereocenters. The van der Waals surface area contributed by atoms with Gasteiger partial charge in [0.25, 0.3) is 0 Å². The topological polar surface area (TPSA) is 58.1 Å². The minimum Gasteiger partial charge on any atom is -0.340 e. The SMILES string of the molecule is Cc1ccc(-c2cnc(N3CCC[C@@H](C(=O)Nc4cc(C)cc(C)c4)C3)nc2)cc1. The number of rotatable bonds is 4. The first-order chi connectivity index (χ1) is 14.5. The number of benzene rings is 2. The van der Waals surface area contributed by atoms with E-state index < -0.39 is 0 Å². The molecule has 0 aliphatic carbocycles. The van der Waals surface area contributed by atoms with Crippen molar-refractivity contribution in [1.82, 2.24) is 9.97 Å². The van der Waals surface area contributed by atoms with Gasteiger partial charge in [0.1, 0.15) is 0 Å². The number of hydrogen-bond donors (Lipinski definition) is 1.